The number of halogens is 2. The number of nitro benzene ring substituents is 1. The van der Waals surface area contributed by atoms with E-state index in [1.54, 1.807) is 24.3 Å². The largest absolute Gasteiger partial charge is 0.360 e. The molecule has 2 aromatic carbocycles. The molecule has 9 heteroatoms. The Hall–Kier alpha value is -3.08. The van der Waals surface area contributed by atoms with Crippen molar-refractivity contribution in [3.8, 4) is 6.07 Å². The van der Waals surface area contributed by atoms with Gasteiger partial charge in [0.2, 0.25) is 0 Å². The number of nitriles is 1. The summed E-state index contributed by atoms with van der Waals surface area (Å²) in [6, 6.07) is 10.5. The highest BCUT2D eigenvalue weighted by Crippen LogP contribution is 2.27. The van der Waals surface area contributed by atoms with Gasteiger partial charge in [-0.1, -0.05) is 29.3 Å². The predicted octanol–water partition coefficient (Wildman–Crippen LogP) is 4.67. The summed E-state index contributed by atoms with van der Waals surface area (Å²) in [7, 11) is 0. The first-order chi connectivity index (χ1) is 12.3. The lowest BCUT2D eigenvalue weighted by Gasteiger charge is -2.08. The lowest BCUT2D eigenvalue weighted by atomic mass is 10.2. The second kappa shape index (κ2) is 8.34. The van der Waals surface area contributed by atoms with Gasteiger partial charge >= 0.3 is 0 Å². The Bertz CT molecular complexity index is 952. The monoisotopic (exact) mass is 390 g/mol. The van der Waals surface area contributed by atoms with Gasteiger partial charge < -0.3 is 10.6 Å². The fourth-order valence-electron chi connectivity index (χ4n) is 1.96. The van der Waals surface area contributed by atoms with E-state index in [1.165, 1.54) is 18.3 Å². The number of aryl methyl sites for hydroxylation is 1. The van der Waals surface area contributed by atoms with E-state index in [4.69, 9.17) is 23.2 Å². The molecule has 1 amide bonds. The summed E-state index contributed by atoms with van der Waals surface area (Å²) in [4.78, 5) is 22.5. The van der Waals surface area contributed by atoms with Crippen LogP contribution in [0.25, 0.3) is 0 Å². The Morgan fingerprint density at radius 1 is 1.23 bits per heavy atom. The molecule has 0 spiro atoms. The second-order valence-electron chi connectivity index (χ2n) is 5.15. The van der Waals surface area contributed by atoms with E-state index >= 15 is 0 Å². The van der Waals surface area contributed by atoms with Gasteiger partial charge in [0.25, 0.3) is 11.6 Å². The standard InChI is InChI=1S/C17H12Cl2N4O3/c1-10-2-3-12(18)6-15(10)21-9-11(8-20)17(24)22-16-7-13(23(25)26)4-5-14(16)19/h2-7,9,21H,1H3,(H,22,24)/b11-9-. The van der Waals surface area contributed by atoms with Crippen LogP contribution in [0, 0.1) is 28.4 Å². The van der Waals surface area contributed by atoms with Gasteiger partial charge in [-0.15, -0.1) is 0 Å². The number of amides is 1. The van der Waals surface area contributed by atoms with E-state index < -0.39 is 10.8 Å². The van der Waals surface area contributed by atoms with Crippen LogP contribution < -0.4 is 10.6 Å². The van der Waals surface area contributed by atoms with E-state index in [9.17, 15) is 20.2 Å². The van der Waals surface area contributed by atoms with Crippen molar-refractivity contribution in [1.29, 1.82) is 5.26 Å². The van der Waals surface area contributed by atoms with Gasteiger partial charge in [0.15, 0.2) is 0 Å². The van der Waals surface area contributed by atoms with Crippen molar-refractivity contribution in [3.63, 3.8) is 0 Å². The van der Waals surface area contributed by atoms with Crippen molar-refractivity contribution in [2.75, 3.05) is 10.6 Å². The minimum absolute atomic E-state index is 0.0333. The highest BCUT2D eigenvalue weighted by atomic mass is 35.5. The Morgan fingerprint density at radius 3 is 2.62 bits per heavy atom. The van der Waals surface area contributed by atoms with Crippen molar-refractivity contribution < 1.29 is 9.72 Å². The summed E-state index contributed by atoms with van der Waals surface area (Å²) in [5.41, 5.74) is 1.05. The van der Waals surface area contributed by atoms with Crippen LogP contribution in [0.4, 0.5) is 17.1 Å². The molecule has 2 N–H and O–H groups in total. The molecule has 2 rings (SSSR count). The number of nitrogens with one attached hydrogen (secondary N) is 2. The van der Waals surface area contributed by atoms with E-state index in [0.29, 0.717) is 10.7 Å². The van der Waals surface area contributed by atoms with Crippen LogP contribution in [0.15, 0.2) is 48.2 Å². The molecule has 132 valence electrons. The summed E-state index contributed by atoms with van der Waals surface area (Å²) >= 11 is 11.9. The van der Waals surface area contributed by atoms with Gasteiger partial charge in [-0.2, -0.15) is 5.26 Å². The van der Waals surface area contributed by atoms with Crippen molar-refractivity contribution >= 4 is 46.2 Å². The molecule has 0 aliphatic rings. The van der Waals surface area contributed by atoms with Gasteiger partial charge in [0.05, 0.1) is 15.6 Å². The van der Waals surface area contributed by atoms with Crippen molar-refractivity contribution in [2.24, 2.45) is 0 Å². The molecule has 0 atom stereocenters. The molecule has 26 heavy (non-hydrogen) atoms. The third-order valence-electron chi connectivity index (χ3n) is 3.35. The number of rotatable bonds is 5. The molecule has 0 aromatic heterocycles. The van der Waals surface area contributed by atoms with Gasteiger partial charge in [0, 0.05) is 29.0 Å². The molecule has 0 bridgehead atoms. The Balaban J connectivity index is 2.21. The molecule has 0 heterocycles. The second-order valence-corrected chi connectivity index (χ2v) is 5.99. The zero-order valence-electron chi connectivity index (χ0n) is 13.4. The predicted molar refractivity (Wildman–Crippen MR) is 100 cm³/mol. The maximum atomic E-state index is 12.3. The van der Waals surface area contributed by atoms with Crippen LogP contribution in [0.2, 0.25) is 10.0 Å². The molecule has 0 radical (unpaired) electrons. The zero-order valence-corrected chi connectivity index (χ0v) is 14.9. The number of nitro groups is 1. The van der Waals surface area contributed by atoms with Crippen molar-refractivity contribution in [1.82, 2.24) is 0 Å². The summed E-state index contributed by atoms with van der Waals surface area (Å²) in [6.45, 7) is 1.83. The number of anilines is 2. The minimum Gasteiger partial charge on any atom is -0.360 e. The number of non-ortho nitro benzene ring substituents is 1. The van der Waals surface area contributed by atoms with E-state index in [-0.39, 0.29) is 22.0 Å². The van der Waals surface area contributed by atoms with Gasteiger partial charge in [-0.05, 0) is 30.7 Å². The fraction of sp³-hybridized carbons (Fsp3) is 0.0588. The summed E-state index contributed by atoms with van der Waals surface area (Å²) < 4.78 is 0. The highest BCUT2D eigenvalue weighted by Gasteiger charge is 2.15. The number of carbonyl (C=O) groups excluding carboxylic acids is 1. The molecule has 7 nitrogen and oxygen atoms in total. The van der Waals surface area contributed by atoms with Crippen molar-refractivity contribution in [3.05, 3.63) is 73.9 Å². The minimum atomic E-state index is -0.762. The maximum Gasteiger partial charge on any atom is 0.271 e. The number of benzene rings is 2. The molecule has 0 aliphatic carbocycles. The SMILES string of the molecule is Cc1ccc(Cl)cc1N/C=C(/C#N)C(=O)Nc1cc([N+](=O)[O-])ccc1Cl. The molecular weight excluding hydrogens is 379 g/mol. The summed E-state index contributed by atoms with van der Waals surface area (Å²) in [6.07, 6.45) is 1.22. The molecule has 0 saturated heterocycles. The molecule has 0 aliphatic heterocycles. The average molecular weight is 391 g/mol. The number of hydrogen-bond acceptors (Lipinski definition) is 5. The van der Waals surface area contributed by atoms with E-state index in [1.807, 2.05) is 6.92 Å². The van der Waals surface area contributed by atoms with Gasteiger partial charge in [0.1, 0.15) is 11.6 Å². The topological polar surface area (TPSA) is 108 Å². The molecule has 0 saturated carbocycles. The molecular formula is C17H12Cl2N4O3. The van der Waals surface area contributed by atoms with Crippen LogP contribution in [0.1, 0.15) is 5.56 Å². The van der Waals surface area contributed by atoms with Crippen LogP contribution in [0.3, 0.4) is 0 Å². The first-order valence-corrected chi connectivity index (χ1v) is 7.95. The normalized spacial score (nSPS) is 10.8. The fourth-order valence-corrected chi connectivity index (χ4v) is 2.30. The molecule has 2 aromatic rings. The molecule has 0 unspecified atom stereocenters. The zero-order chi connectivity index (χ0) is 19.3. The van der Waals surface area contributed by atoms with Crippen LogP contribution >= 0.6 is 23.2 Å². The van der Waals surface area contributed by atoms with Crippen LogP contribution in [-0.4, -0.2) is 10.8 Å². The Labute approximate surface area is 159 Å². The van der Waals surface area contributed by atoms with Gasteiger partial charge in [-0.25, -0.2) is 0 Å². The van der Waals surface area contributed by atoms with Gasteiger partial charge in [-0.3, -0.25) is 14.9 Å². The highest BCUT2D eigenvalue weighted by molar-refractivity contribution is 6.34. The van der Waals surface area contributed by atoms with Crippen LogP contribution in [0.5, 0.6) is 0 Å². The third kappa shape index (κ3) is 4.72. The summed E-state index contributed by atoms with van der Waals surface area (Å²) in [5, 5.41) is 25.9. The lowest BCUT2D eigenvalue weighted by molar-refractivity contribution is -0.384. The maximum absolute atomic E-state index is 12.3. The molecule has 0 fully saturated rings. The number of hydrogen-bond donors (Lipinski definition) is 2. The third-order valence-corrected chi connectivity index (χ3v) is 3.91. The van der Waals surface area contributed by atoms with Crippen LogP contribution in [-0.2, 0) is 4.79 Å². The van der Waals surface area contributed by atoms with Crippen molar-refractivity contribution in [2.45, 2.75) is 6.92 Å². The lowest BCUT2D eigenvalue weighted by Crippen LogP contribution is -2.15. The quantitative estimate of drug-likeness (QED) is 0.333. The first kappa shape index (κ1) is 19.2. The number of nitrogens with zero attached hydrogens (tertiary/aromatic N) is 2. The average Bonchev–Trinajstić information content (AvgIpc) is 2.60. The Kier molecular flexibility index (Phi) is 6.17. The first-order valence-electron chi connectivity index (χ1n) is 7.20. The number of carbonyl (C=O) groups is 1. The van der Waals surface area contributed by atoms with E-state index in [2.05, 4.69) is 10.6 Å². The summed E-state index contributed by atoms with van der Waals surface area (Å²) in [5.74, 6) is -0.762. The Morgan fingerprint density at radius 2 is 1.96 bits per heavy atom. The van der Waals surface area contributed by atoms with E-state index in [0.717, 1.165) is 11.6 Å². The smallest absolute Gasteiger partial charge is 0.271 e.